The van der Waals surface area contributed by atoms with Gasteiger partial charge in [-0.15, -0.1) is 0 Å². The summed E-state index contributed by atoms with van der Waals surface area (Å²) in [5, 5.41) is 4.89. The highest BCUT2D eigenvalue weighted by Crippen LogP contribution is 2.32. The molecule has 0 saturated heterocycles. The van der Waals surface area contributed by atoms with Crippen molar-refractivity contribution in [1.82, 2.24) is 5.32 Å². The maximum atomic E-state index is 6.10. The Hall–Kier alpha value is -1.28. The van der Waals surface area contributed by atoms with Gasteiger partial charge in [-0.05, 0) is 44.0 Å². The van der Waals surface area contributed by atoms with Gasteiger partial charge >= 0.3 is 0 Å². The summed E-state index contributed by atoms with van der Waals surface area (Å²) in [4.78, 5) is 0. The largest absolute Gasteiger partial charge is 0.459 e. The Morgan fingerprint density at radius 2 is 1.85 bits per heavy atom. The van der Waals surface area contributed by atoms with Gasteiger partial charge in [0.15, 0.2) is 0 Å². The molecule has 0 aliphatic carbocycles. The zero-order valence-electron chi connectivity index (χ0n) is 13.2. The number of nitrogens with one attached hydrogen (secondary N) is 1. The highest BCUT2D eigenvalue weighted by atomic mass is 16.3. The molecule has 0 radical (unpaired) electrons. The van der Waals surface area contributed by atoms with Gasteiger partial charge < -0.3 is 9.73 Å². The molecule has 2 heteroatoms. The highest BCUT2D eigenvalue weighted by Gasteiger charge is 2.23. The lowest BCUT2D eigenvalue weighted by Crippen LogP contribution is -2.28. The summed E-state index contributed by atoms with van der Waals surface area (Å²) >= 11 is 0. The van der Waals surface area contributed by atoms with Crippen molar-refractivity contribution < 1.29 is 4.42 Å². The van der Waals surface area contributed by atoms with E-state index in [0.29, 0.717) is 12.0 Å². The van der Waals surface area contributed by atoms with E-state index in [1.165, 1.54) is 23.8 Å². The Labute approximate surface area is 122 Å². The fourth-order valence-electron chi connectivity index (χ4n) is 2.90. The Balaban J connectivity index is 2.33. The van der Waals surface area contributed by atoms with Crippen molar-refractivity contribution in [2.24, 2.45) is 5.92 Å². The molecule has 1 aromatic heterocycles. The van der Waals surface area contributed by atoms with Crippen molar-refractivity contribution in [2.75, 3.05) is 6.54 Å². The van der Waals surface area contributed by atoms with Gasteiger partial charge in [0.1, 0.15) is 11.3 Å². The van der Waals surface area contributed by atoms with Crippen LogP contribution >= 0.6 is 0 Å². The maximum absolute atomic E-state index is 6.10. The van der Waals surface area contributed by atoms with Crippen LogP contribution < -0.4 is 5.32 Å². The van der Waals surface area contributed by atoms with Gasteiger partial charge in [0.05, 0.1) is 6.04 Å². The fourth-order valence-corrected chi connectivity index (χ4v) is 2.90. The minimum absolute atomic E-state index is 0.331. The highest BCUT2D eigenvalue weighted by molar-refractivity contribution is 5.78. The molecular formula is C18H27NO. The molecular weight excluding hydrogens is 246 g/mol. The number of benzene rings is 1. The molecule has 1 unspecified atom stereocenters. The quantitative estimate of drug-likeness (QED) is 0.748. The van der Waals surface area contributed by atoms with Crippen LogP contribution in [-0.4, -0.2) is 6.54 Å². The Morgan fingerprint density at radius 1 is 1.10 bits per heavy atom. The molecule has 20 heavy (non-hydrogen) atoms. The van der Waals surface area contributed by atoms with Crippen LogP contribution in [0.2, 0.25) is 0 Å². The first-order valence-corrected chi connectivity index (χ1v) is 7.93. The van der Waals surface area contributed by atoms with Crippen LogP contribution in [-0.2, 0) is 0 Å². The van der Waals surface area contributed by atoms with E-state index in [-0.39, 0.29) is 0 Å². The smallest absolute Gasteiger partial charge is 0.134 e. The van der Waals surface area contributed by atoms with Gasteiger partial charge in [-0.1, -0.05) is 45.2 Å². The summed E-state index contributed by atoms with van der Waals surface area (Å²) in [5.74, 6) is 1.72. The van der Waals surface area contributed by atoms with E-state index in [0.717, 1.165) is 24.3 Å². The summed E-state index contributed by atoms with van der Waals surface area (Å²) in [6.07, 6.45) is 3.50. The zero-order chi connectivity index (χ0) is 14.5. The van der Waals surface area contributed by atoms with E-state index in [4.69, 9.17) is 4.42 Å². The summed E-state index contributed by atoms with van der Waals surface area (Å²) < 4.78 is 6.10. The van der Waals surface area contributed by atoms with Crippen LogP contribution in [0.25, 0.3) is 11.0 Å². The minimum Gasteiger partial charge on any atom is -0.459 e. The van der Waals surface area contributed by atoms with Crippen LogP contribution in [0.5, 0.6) is 0 Å². The SMILES string of the molecule is CCCNC(c1cc2cc(C)ccc2o1)C(CC)CC. The molecule has 0 aliphatic heterocycles. The third-order valence-corrected chi connectivity index (χ3v) is 4.13. The second-order valence-corrected chi connectivity index (χ2v) is 5.70. The Bertz CT molecular complexity index is 539. The van der Waals surface area contributed by atoms with Crippen molar-refractivity contribution >= 4 is 11.0 Å². The molecule has 0 aliphatic rings. The van der Waals surface area contributed by atoms with E-state index < -0.39 is 0 Å². The van der Waals surface area contributed by atoms with Crippen molar-refractivity contribution in [3.8, 4) is 0 Å². The molecule has 110 valence electrons. The van der Waals surface area contributed by atoms with Crippen LogP contribution in [0.3, 0.4) is 0 Å². The first kappa shape index (κ1) is 15.1. The van der Waals surface area contributed by atoms with Gasteiger partial charge in [0.2, 0.25) is 0 Å². The fraction of sp³-hybridized carbons (Fsp3) is 0.556. The molecule has 1 aromatic carbocycles. The van der Waals surface area contributed by atoms with Gasteiger partial charge in [0.25, 0.3) is 0 Å². The van der Waals surface area contributed by atoms with E-state index >= 15 is 0 Å². The van der Waals surface area contributed by atoms with Crippen molar-refractivity contribution in [3.63, 3.8) is 0 Å². The topological polar surface area (TPSA) is 25.2 Å². The second-order valence-electron chi connectivity index (χ2n) is 5.70. The van der Waals surface area contributed by atoms with Gasteiger partial charge in [-0.25, -0.2) is 0 Å². The third-order valence-electron chi connectivity index (χ3n) is 4.13. The molecule has 1 heterocycles. The van der Waals surface area contributed by atoms with Crippen LogP contribution in [0.1, 0.15) is 57.4 Å². The third kappa shape index (κ3) is 3.24. The predicted molar refractivity (Wildman–Crippen MR) is 86.1 cm³/mol. The van der Waals surface area contributed by atoms with Crippen molar-refractivity contribution in [3.05, 3.63) is 35.6 Å². The standard InChI is InChI=1S/C18H27NO/c1-5-10-19-18(14(6-2)7-3)17-12-15-11-13(4)8-9-16(15)20-17/h8-9,11-12,14,18-19H,5-7,10H2,1-4H3. The lowest BCUT2D eigenvalue weighted by Gasteiger charge is -2.24. The number of hydrogen-bond acceptors (Lipinski definition) is 2. The second kappa shape index (κ2) is 6.94. The van der Waals surface area contributed by atoms with E-state index in [9.17, 15) is 0 Å². The van der Waals surface area contributed by atoms with Gasteiger partial charge in [-0.3, -0.25) is 0 Å². The zero-order valence-corrected chi connectivity index (χ0v) is 13.2. The van der Waals surface area contributed by atoms with Crippen molar-refractivity contribution in [1.29, 1.82) is 0 Å². The normalized spacial score (nSPS) is 13.2. The van der Waals surface area contributed by atoms with E-state index in [1.54, 1.807) is 0 Å². The lowest BCUT2D eigenvalue weighted by atomic mass is 9.92. The van der Waals surface area contributed by atoms with Crippen LogP contribution in [0.15, 0.2) is 28.7 Å². The Morgan fingerprint density at radius 3 is 2.50 bits per heavy atom. The number of aryl methyl sites for hydroxylation is 1. The summed E-state index contributed by atoms with van der Waals surface area (Å²) in [6, 6.07) is 8.94. The number of rotatable bonds is 7. The minimum atomic E-state index is 0.331. The van der Waals surface area contributed by atoms with Crippen LogP contribution in [0, 0.1) is 12.8 Å². The monoisotopic (exact) mass is 273 g/mol. The molecule has 2 nitrogen and oxygen atoms in total. The summed E-state index contributed by atoms with van der Waals surface area (Å²) in [5.41, 5.74) is 2.28. The van der Waals surface area contributed by atoms with Gasteiger partial charge in [0, 0.05) is 5.39 Å². The maximum Gasteiger partial charge on any atom is 0.134 e. The molecule has 0 saturated carbocycles. The molecule has 0 spiro atoms. The lowest BCUT2D eigenvalue weighted by molar-refractivity contribution is 0.300. The average molecular weight is 273 g/mol. The number of hydrogen-bond donors (Lipinski definition) is 1. The summed E-state index contributed by atoms with van der Waals surface area (Å²) in [6.45, 7) is 9.90. The molecule has 0 bridgehead atoms. The summed E-state index contributed by atoms with van der Waals surface area (Å²) in [7, 11) is 0. The van der Waals surface area contributed by atoms with E-state index in [2.05, 4.69) is 57.3 Å². The molecule has 1 N–H and O–H groups in total. The van der Waals surface area contributed by atoms with Crippen molar-refractivity contribution in [2.45, 2.75) is 53.0 Å². The molecule has 2 aromatic rings. The molecule has 0 fully saturated rings. The average Bonchev–Trinajstić information content (AvgIpc) is 2.86. The number of fused-ring (bicyclic) bond motifs is 1. The molecule has 2 rings (SSSR count). The predicted octanol–water partition coefficient (Wildman–Crippen LogP) is 5.22. The Kier molecular flexibility index (Phi) is 5.24. The molecule has 0 amide bonds. The first-order valence-electron chi connectivity index (χ1n) is 7.93. The van der Waals surface area contributed by atoms with E-state index in [1.807, 2.05) is 0 Å². The van der Waals surface area contributed by atoms with Gasteiger partial charge in [-0.2, -0.15) is 0 Å². The van der Waals surface area contributed by atoms with Crippen LogP contribution in [0.4, 0.5) is 0 Å². The molecule has 1 atom stereocenters. The number of furan rings is 1. The first-order chi connectivity index (χ1) is 9.69.